The molecular formula is C10H19BN2O. The van der Waals surface area contributed by atoms with Gasteiger partial charge in [0.25, 0.3) is 0 Å². The van der Waals surface area contributed by atoms with E-state index in [0.717, 1.165) is 18.7 Å². The Morgan fingerprint density at radius 3 is 2.36 bits per heavy atom. The third kappa shape index (κ3) is 2.61. The zero-order chi connectivity index (χ0) is 10.9. The van der Waals surface area contributed by atoms with Crippen molar-refractivity contribution in [3.63, 3.8) is 0 Å². The molecule has 1 heterocycles. The average Bonchev–Trinajstić information content (AvgIpc) is 2.28. The predicted octanol–water partition coefficient (Wildman–Crippen LogP) is -0.0807. The third-order valence-electron chi connectivity index (χ3n) is 2.68. The number of nitrogens with zero attached hydrogens (tertiary/aromatic N) is 2. The van der Waals surface area contributed by atoms with E-state index < -0.39 is 5.60 Å². The molecule has 0 aromatic carbocycles. The molecule has 0 aliphatic heterocycles. The van der Waals surface area contributed by atoms with E-state index in [-0.39, 0.29) is 0 Å². The van der Waals surface area contributed by atoms with E-state index in [0.29, 0.717) is 0 Å². The number of aromatic nitrogens is 2. The van der Waals surface area contributed by atoms with Crippen molar-refractivity contribution in [2.45, 2.75) is 46.3 Å². The van der Waals surface area contributed by atoms with Crippen LogP contribution in [0.5, 0.6) is 0 Å². The summed E-state index contributed by atoms with van der Waals surface area (Å²) >= 11 is 0. The van der Waals surface area contributed by atoms with Gasteiger partial charge in [0.2, 0.25) is 0 Å². The first kappa shape index (κ1) is 11.3. The van der Waals surface area contributed by atoms with Crippen LogP contribution in [-0.2, 0) is 6.54 Å². The van der Waals surface area contributed by atoms with E-state index in [2.05, 4.69) is 19.9 Å². The summed E-state index contributed by atoms with van der Waals surface area (Å²) in [5.41, 5.74) is 2.92. The lowest BCUT2D eigenvalue weighted by molar-refractivity contribution is 0.0649. The number of aryl methyl sites for hydroxylation is 2. The van der Waals surface area contributed by atoms with Gasteiger partial charge in [-0.25, -0.2) is 0 Å². The van der Waals surface area contributed by atoms with Crippen molar-refractivity contribution in [3.8, 4) is 0 Å². The molecule has 0 aliphatic carbocycles. The normalized spacial score (nSPS) is 12.1. The minimum Gasteiger partial charge on any atom is -0.390 e. The summed E-state index contributed by atoms with van der Waals surface area (Å²) in [5, 5.41) is 14.0. The Morgan fingerprint density at radius 1 is 1.43 bits per heavy atom. The van der Waals surface area contributed by atoms with Crippen LogP contribution in [0, 0.1) is 13.8 Å². The van der Waals surface area contributed by atoms with Gasteiger partial charge in [0, 0.05) is 12.2 Å². The van der Waals surface area contributed by atoms with Crippen LogP contribution in [0.1, 0.15) is 31.7 Å². The lowest BCUT2D eigenvalue weighted by Crippen LogP contribution is -2.22. The maximum absolute atomic E-state index is 9.60. The van der Waals surface area contributed by atoms with Crippen molar-refractivity contribution in [3.05, 3.63) is 11.4 Å². The number of hydrogen-bond donors (Lipinski definition) is 1. The van der Waals surface area contributed by atoms with Gasteiger partial charge in [-0.05, 0) is 39.6 Å². The van der Waals surface area contributed by atoms with E-state index in [1.807, 2.05) is 25.5 Å². The van der Waals surface area contributed by atoms with Crippen LogP contribution >= 0.6 is 0 Å². The standard InChI is InChI=1S/C10H19BN2O/c1-7-9(11)8(2)13(12-7)6-5-10(3,4)14/h14H,5-6,11H2,1-4H3. The second-order valence-electron chi connectivity index (χ2n) is 4.58. The molecule has 0 radical (unpaired) electrons. The molecule has 1 N–H and O–H groups in total. The first-order valence-electron chi connectivity index (χ1n) is 5.04. The van der Waals surface area contributed by atoms with E-state index in [9.17, 15) is 5.11 Å². The molecule has 0 fully saturated rings. The predicted molar refractivity (Wildman–Crippen MR) is 60.8 cm³/mol. The van der Waals surface area contributed by atoms with Crippen molar-refractivity contribution < 1.29 is 5.11 Å². The summed E-state index contributed by atoms with van der Waals surface area (Å²) in [4.78, 5) is 0. The highest BCUT2D eigenvalue weighted by atomic mass is 16.3. The zero-order valence-corrected chi connectivity index (χ0v) is 9.76. The zero-order valence-electron chi connectivity index (χ0n) is 9.76. The van der Waals surface area contributed by atoms with Crippen LogP contribution in [0.25, 0.3) is 0 Å². The van der Waals surface area contributed by atoms with Crippen LogP contribution in [0.2, 0.25) is 0 Å². The van der Waals surface area contributed by atoms with E-state index >= 15 is 0 Å². The average molecular weight is 194 g/mol. The van der Waals surface area contributed by atoms with Gasteiger partial charge in [0.1, 0.15) is 7.85 Å². The van der Waals surface area contributed by atoms with Crippen LogP contribution in [0.3, 0.4) is 0 Å². The number of aliphatic hydroxyl groups is 1. The van der Waals surface area contributed by atoms with E-state index in [4.69, 9.17) is 0 Å². The van der Waals surface area contributed by atoms with Gasteiger partial charge in [0.05, 0.1) is 11.3 Å². The molecule has 0 saturated heterocycles. The molecule has 1 rings (SSSR count). The Balaban J connectivity index is 2.73. The second kappa shape index (κ2) is 3.77. The van der Waals surface area contributed by atoms with Crippen LogP contribution in [0.4, 0.5) is 0 Å². The van der Waals surface area contributed by atoms with Gasteiger partial charge in [-0.15, -0.1) is 0 Å². The van der Waals surface area contributed by atoms with Crippen molar-refractivity contribution >= 4 is 13.3 Å². The molecule has 0 saturated carbocycles. The summed E-state index contributed by atoms with van der Waals surface area (Å²) < 4.78 is 1.97. The molecule has 0 aliphatic rings. The molecule has 0 amide bonds. The van der Waals surface area contributed by atoms with Crippen LogP contribution in [0.15, 0.2) is 0 Å². The molecule has 78 valence electrons. The fourth-order valence-electron chi connectivity index (χ4n) is 1.38. The molecule has 14 heavy (non-hydrogen) atoms. The van der Waals surface area contributed by atoms with Crippen molar-refractivity contribution in [1.29, 1.82) is 0 Å². The molecule has 1 aromatic heterocycles. The monoisotopic (exact) mass is 194 g/mol. The van der Waals surface area contributed by atoms with E-state index in [1.54, 1.807) is 0 Å². The maximum Gasteiger partial charge on any atom is 0.144 e. The lowest BCUT2D eigenvalue weighted by Gasteiger charge is -2.17. The van der Waals surface area contributed by atoms with Crippen molar-refractivity contribution in [2.75, 3.05) is 0 Å². The minimum atomic E-state index is -0.611. The summed E-state index contributed by atoms with van der Waals surface area (Å²) in [7, 11) is 2.08. The summed E-state index contributed by atoms with van der Waals surface area (Å²) in [5.74, 6) is 0. The van der Waals surface area contributed by atoms with Crippen molar-refractivity contribution in [2.24, 2.45) is 0 Å². The van der Waals surface area contributed by atoms with Gasteiger partial charge in [-0.1, -0.05) is 0 Å². The molecule has 3 nitrogen and oxygen atoms in total. The number of hydrogen-bond acceptors (Lipinski definition) is 2. The van der Waals surface area contributed by atoms with Crippen LogP contribution in [-0.4, -0.2) is 28.3 Å². The molecule has 0 spiro atoms. The lowest BCUT2D eigenvalue weighted by atomic mass is 9.94. The Bertz CT molecular complexity index is 326. The fraction of sp³-hybridized carbons (Fsp3) is 0.700. The third-order valence-corrected chi connectivity index (χ3v) is 2.68. The second-order valence-corrected chi connectivity index (χ2v) is 4.58. The first-order valence-corrected chi connectivity index (χ1v) is 5.04. The Morgan fingerprint density at radius 2 is 2.00 bits per heavy atom. The summed E-state index contributed by atoms with van der Waals surface area (Å²) in [6.45, 7) is 8.52. The van der Waals surface area contributed by atoms with Gasteiger partial charge in [-0.2, -0.15) is 5.10 Å². The maximum atomic E-state index is 9.60. The number of rotatable bonds is 3. The Kier molecular flexibility index (Phi) is 3.05. The largest absolute Gasteiger partial charge is 0.390 e. The Labute approximate surface area is 86.5 Å². The van der Waals surface area contributed by atoms with Gasteiger partial charge in [-0.3, -0.25) is 4.68 Å². The quantitative estimate of drug-likeness (QED) is 0.683. The molecular weight excluding hydrogens is 175 g/mol. The molecule has 1 aromatic rings. The topological polar surface area (TPSA) is 38.0 Å². The van der Waals surface area contributed by atoms with Crippen molar-refractivity contribution in [1.82, 2.24) is 9.78 Å². The fourth-order valence-corrected chi connectivity index (χ4v) is 1.38. The van der Waals surface area contributed by atoms with Gasteiger partial charge < -0.3 is 5.11 Å². The highest BCUT2D eigenvalue weighted by molar-refractivity contribution is 6.33. The van der Waals surface area contributed by atoms with Crippen LogP contribution < -0.4 is 5.46 Å². The molecule has 0 atom stereocenters. The highest BCUT2D eigenvalue weighted by Gasteiger charge is 2.14. The van der Waals surface area contributed by atoms with Gasteiger partial charge >= 0.3 is 0 Å². The molecule has 0 bridgehead atoms. The SMILES string of the molecule is Bc1c(C)nn(CCC(C)(C)O)c1C. The first-order chi connectivity index (χ1) is 6.31. The Hall–Kier alpha value is -0.765. The molecule has 0 unspecified atom stereocenters. The smallest absolute Gasteiger partial charge is 0.144 e. The van der Waals surface area contributed by atoms with E-state index in [1.165, 1.54) is 11.2 Å². The molecule has 4 heteroatoms. The summed E-state index contributed by atoms with van der Waals surface area (Å²) in [6, 6.07) is 0. The summed E-state index contributed by atoms with van der Waals surface area (Å²) in [6.07, 6.45) is 0.731. The highest BCUT2D eigenvalue weighted by Crippen LogP contribution is 2.09. The minimum absolute atomic E-state index is 0.611. The van der Waals surface area contributed by atoms with Gasteiger partial charge in [0.15, 0.2) is 0 Å².